The van der Waals surface area contributed by atoms with Crippen LogP contribution in [0.5, 0.6) is 0 Å². The average Bonchev–Trinajstić information content (AvgIpc) is 2.50. The Morgan fingerprint density at radius 3 is 2.65 bits per heavy atom. The summed E-state index contributed by atoms with van der Waals surface area (Å²) in [5.41, 5.74) is 7.04. The highest BCUT2D eigenvalue weighted by Gasteiger charge is 2.25. The lowest BCUT2D eigenvalue weighted by molar-refractivity contribution is 0.377. The van der Waals surface area contributed by atoms with Gasteiger partial charge in [-0.1, -0.05) is 12.1 Å². The summed E-state index contributed by atoms with van der Waals surface area (Å²) < 4.78 is 0. The topological polar surface area (TPSA) is 55.0 Å². The molecule has 0 atom stereocenters. The van der Waals surface area contributed by atoms with Crippen molar-refractivity contribution in [3.63, 3.8) is 0 Å². The molecule has 2 aromatic rings. The van der Waals surface area contributed by atoms with Crippen molar-refractivity contribution in [3.8, 4) is 0 Å². The first-order valence-electron chi connectivity index (χ1n) is 7.51. The summed E-state index contributed by atoms with van der Waals surface area (Å²) in [5.74, 6) is 1.07. The van der Waals surface area contributed by atoms with Crippen LogP contribution in [0.25, 0.3) is 10.9 Å². The lowest BCUT2D eigenvalue weighted by atomic mass is 9.90. The van der Waals surface area contributed by atoms with Crippen molar-refractivity contribution in [3.05, 3.63) is 30.6 Å². The van der Waals surface area contributed by atoms with Gasteiger partial charge in [0.05, 0.1) is 5.52 Å². The molecule has 4 heteroatoms. The first-order chi connectivity index (χ1) is 9.79. The number of rotatable bonds is 3. The summed E-state index contributed by atoms with van der Waals surface area (Å²) in [6, 6.07) is 9.17. The summed E-state index contributed by atoms with van der Waals surface area (Å²) in [5, 5.41) is 1.15. The van der Waals surface area contributed by atoms with Gasteiger partial charge in [-0.3, -0.25) is 0 Å². The fraction of sp³-hybridized carbons (Fsp3) is 0.500. The molecule has 106 valence electrons. The van der Waals surface area contributed by atoms with Crippen LogP contribution in [0.4, 0.5) is 5.82 Å². The number of aromatic nitrogens is 2. The van der Waals surface area contributed by atoms with Gasteiger partial charge in [0.2, 0.25) is 0 Å². The number of para-hydroxylation sites is 1. The highest BCUT2D eigenvalue weighted by atomic mass is 15.2. The van der Waals surface area contributed by atoms with E-state index >= 15 is 0 Å². The Morgan fingerprint density at radius 2 is 1.90 bits per heavy atom. The number of benzene rings is 1. The number of hydrogen-bond donors (Lipinski definition) is 1. The Kier molecular flexibility index (Phi) is 3.83. The van der Waals surface area contributed by atoms with Crippen LogP contribution in [0.2, 0.25) is 0 Å². The van der Waals surface area contributed by atoms with Gasteiger partial charge in [-0.25, -0.2) is 9.97 Å². The number of hydrogen-bond acceptors (Lipinski definition) is 4. The molecule has 1 saturated carbocycles. The predicted molar refractivity (Wildman–Crippen MR) is 82.8 cm³/mol. The fourth-order valence-electron chi connectivity index (χ4n) is 3.21. The number of nitrogens with two attached hydrogens (primary N) is 1. The minimum Gasteiger partial charge on any atom is -0.353 e. The molecule has 1 fully saturated rings. The van der Waals surface area contributed by atoms with Gasteiger partial charge in [0.25, 0.3) is 0 Å². The number of nitrogens with zero attached hydrogens (tertiary/aromatic N) is 3. The van der Waals surface area contributed by atoms with E-state index in [9.17, 15) is 0 Å². The largest absolute Gasteiger partial charge is 0.353 e. The maximum absolute atomic E-state index is 6.02. The molecule has 1 aliphatic rings. The zero-order valence-electron chi connectivity index (χ0n) is 12.0. The molecule has 1 aliphatic carbocycles. The lowest BCUT2D eigenvalue weighted by Crippen LogP contribution is -2.41. The van der Waals surface area contributed by atoms with Gasteiger partial charge < -0.3 is 10.6 Å². The molecule has 1 heterocycles. The van der Waals surface area contributed by atoms with Gasteiger partial charge in [0.15, 0.2) is 0 Å². The van der Waals surface area contributed by atoms with Crippen molar-refractivity contribution in [1.29, 1.82) is 0 Å². The molecule has 20 heavy (non-hydrogen) atoms. The molecule has 1 aromatic heterocycles. The smallest absolute Gasteiger partial charge is 0.140 e. The minimum absolute atomic E-state index is 0.382. The molecule has 0 radical (unpaired) electrons. The summed E-state index contributed by atoms with van der Waals surface area (Å²) in [7, 11) is 0. The summed E-state index contributed by atoms with van der Waals surface area (Å²) in [4.78, 5) is 11.3. The van der Waals surface area contributed by atoms with E-state index in [-0.39, 0.29) is 0 Å². The van der Waals surface area contributed by atoms with Crippen molar-refractivity contribution < 1.29 is 0 Å². The Hall–Kier alpha value is -1.68. The van der Waals surface area contributed by atoms with Crippen molar-refractivity contribution in [2.75, 3.05) is 11.4 Å². The number of fused-ring (bicyclic) bond motifs is 1. The van der Waals surface area contributed by atoms with Gasteiger partial charge in [-0.15, -0.1) is 0 Å². The van der Waals surface area contributed by atoms with Crippen LogP contribution in [0, 0.1) is 0 Å². The Bertz CT molecular complexity index is 570. The van der Waals surface area contributed by atoms with E-state index in [4.69, 9.17) is 5.73 Å². The highest BCUT2D eigenvalue weighted by molar-refractivity contribution is 5.89. The molecule has 0 amide bonds. The first kappa shape index (κ1) is 13.3. The predicted octanol–water partition coefficient (Wildman–Crippen LogP) is 2.73. The molecule has 0 saturated heterocycles. The van der Waals surface area contributed by atoms with E-state index in [0.29, 0.717) is 12.1 Å². The third kappa shape index (κ3) is 2.48. The Balaban J connectivity index is 1.95. The van der Waals surface area contributed by atoms with Crippen LogP contribution in [-0.2, 0) is 0 Å². The van der Waals surface area contributed by atoms with Gasteiger partial charge in [0.1, 0.15) is 12.1 Å². The standard InChI is InChI=1S/C16H22N4/c1-2-20(13-9-7-12(17)8-10-13)16-14-5-3-4-6-15(14)18-11-19-16/h3-6,11-13H,2,7-10,17H2,1H3. The van der Waals surface area contributed by atoms with Crippen LogP contribution < -0.4 is 10.6 Å². The highest BCUT2D eigenvalue weighted by Crippen LogP contribution is 2.29. The van der Waals surface area contributed by atoms with E-state index < -0.39 is 0 Å². The van der Waals surface area contributed by atoms with Gasteiger partial charge in [-0.05, 0) is 44.7 Å². The zero-order valence-corrected chi connectivity index (χ0v) is 12.0. The molecule has 0 unspecified atom stereocenters. The summed E-state index contributed by atoms with van der Waals surface area (Å²) >= 11 is 0. The molecule has 2 N–H and O–H groups in total. The van der Waals surface area contributed by atoms with Crippen LogP contribution in [-0.4, -0.2) is 28.6 Å². The molecule has 3 rings (SSSR count). The fourth-order valence-corrected chi connectivity index (χ4v) is 3.21. The van der Waals surface area contributed by atoms with Gasteiger partial charge in [0, 0.05) is 24.0 Å². The lowest BCUT2D eigenvalue weighted by Gasteiger charge is -2.36. The summed E-state index contributed by atoms with van der Waals surface area (Å²) in [6.45, 7) is 3.17. The van der Waals surface area contributed by atoms with Crippen LogP contribution in [0.3, 0.4) is 0 Å². The van der Waals surface area contributed by atoms with Gasteiger partial charge >= 0.3 is 0 Å². The minimum atomic E-state index is 0.382. The van der Waals surface area contributed by atoms with E-state index in [2.05, 4.69) is 33.9 Å². The van der Waals surface area contributed by atoms with Crippen LogP contribution in [0.1, 0.15) is 32.6 Å². The molecular formula is C16H22N4. The first-order valence-corrected chi connectivity index (χ1v) is 7.51. The van der Waals surface area contributed by atoms with Crippen molar-refractivity contribution >= 4 is 16.7 Å². The van der Waals surface area contributed by atoms with E-state index in [1.54, 1.807) is 6.33 Å². The van der Waals surface area contributed by atoms with Gasteiger partial charge in [-0.2, -0.15) is 0 Å². The SMILES string of the molecule is CCN(c1ncnc2ccccc12)C1CCC(N)CC1. The van der Waals surface area contributed by atoms with Crippen LogP contribution >= 0.6 is 0 Å². The molecule has 0 aliphatic heterocycles. The molecule has 4 nitrogen and oxygen atoms in total. The number of anilines is 1. The second kappa shape index (κ2) is 5.75. The molecule has 0 spiro atoms. The normalized spacial score (nSPS) is 22.9. The third-order valence-corrected chi connectivity index (χ3v) is 4.32. The van der Waals surface area contributed by atoms with Crippen molar-refractivity contribution in [2.24, 2.45) is 5.73 Å². The molecule has 0 bridgehead atoms. The Labute approximate surface area is 120 Å². The van der Waals surface area contributed by atoms with E-state index in [1.807, 2.05) is 12.1 Å². The quantitative estimate of drug-likeness (QED) is 0.931. The monoisotopic (exact) mass is 270 g/mol. The Morgan fingerprint density at radius 1 is 1.15 bits per heavy atom. The average molecular weight is 270 g/mol. The maximum Gasteiger partial charge on any atom is 0.140 e. The summed E-state index contributed by atoms with van der Waals surface area (Å²) in [6.07, 6.45) is 6.23. The van der Waals surface area contributed by atoms with Crippen molar-refractivity contribution in [2.45, 2.75) is 44.7 Å². The zero-order chi connectivity index (χ0) is 13.9. The third-order valence-electron chi connectivity index (χ3n) is 4.32. The molecule has 1 aromatic carbocycles. The maximum atomic E-state index is 6.02. The van der Waals surface area contributed by atoms with Crippen LogP contribution in [0.15, 0.2) is 30.6 Å². The van der Waals surface area contributed by atoms with Crippen molar-refractivity contribution in [1.82, 2.24) is 9.97 Å². The second-order valence-electron chi connectivity index (χ2n) is 5.57. The van der Waals surface area contributed by atoms with E-state index in [0.717, 1.165) is 48.9 Å². The van der Waals surface area contributed by atoms with E-state index in [1.165, 1.54) is 0 Å². The second-order valence-corrected chi connectivity index (χ2v) is 5.57. The molecular weight excluding hydrogens is 248 g/mol.